The normalized spacial score (nSPS) is 12.5. The molecule has 6 heteroatoms. The predicted octanol–water partition coefficient (Wildman–Crippen LogP) is 3.88. The van der Waals surface area contributed by atoms with Crippen molar-refractivity contribution in [1.29, 1.82) is 0 Å². The van der Waals surface area contributed by atoms with Crippen LogP contribution in [0.2, 0.25) is 0 Å². The molecule has 3 aromatic rings. The van der Waals surface area contributed by atoms with E-state index in [1.807, 2.05) is 23.7 Å². The van der Waals surface area contributed by atoms with Gasteiger partial charge in [0.25, 0.3) is 5.91 Å². The Bertz CT molecular complexity index is 1030. The largest absolute Gasteiger partial charge is 0.326 e. The number of carbonyl (C=O) groups is 2. The molecule has 2 amide bonds. The maximum Gasteiger partial charge on any atom is 0.276 e. The van der Waals surface area contributed by atoms with Gasteiger partial charge >= 0.3 is 0 Å². The van der Waals surface area contributed by atoms with Crippen LogP contribution in [-0.4, -0.2) is 21.6 Å². The Morgan fingerprint density at radius 3 is 2.21 bits per heavy atom. The number of aromatic nitrogens is 2. The van der Waals surface area contributed by atoms with E-state index in [1.54, 1.807) is 24.3 Å². The molecule has 0 saturated heterocycles. The molecule has 0 radical (unpaired) electrons. The molecule has 0 bridgehead atoms. The molecule has 1 aliphatic carbocycles. The second-order valence-electron chi connectivity index (χ2n) is 7.09. The molecule has 142 valence electrons. The first-order valence-electron chi connectivity index (χ1n) is 9.38. The molecule has 1 aromatic heterocycles. The van der Waals surface area contributed by atoms with Gasteiger partial charge in [-0.3, -0.25) is 9.59 Å². The summed E-state index contributed by atoms with van der Waals surface area (Å²) in [7, 11) is 0. The Hall–Kier alpha value is -3.41. The Labute approximate surface area is 163 Å². The van der Waals surface area contributed by atoms with E-state index in [-0.39, 0.29) is 11.8 Å². The van der Waals surface area contributed by atoms with Gasteiger partial charge in [0.1, 0.15) is 0 Å². The smallest absolute Gasteiger partial charge is 0.276 e. The summed E-state index contributed by atoms with van der Waals surface area (Å²) >= 11 is 0. The van der Waals surface area contributed by atoms with Crippen LogP contribution < -0.4 is 10.6 Å². The zero-order chi connectivity index (χ0) is 19.7. The first-order valence-corrected chi connectivity index (χ1v) is 9.38. The van der Waals surface area contributed by atoms with E-state index in [4.69, 9.17) is 0 Å². The van der Waals surface area contributed by atoms with Gasteiger partial charge in [-0.2, -0.15) is 5.10 Å². The van der Waals surface area contributed by atoms with Crippen LogP contribution in [0.3, 0.4) is 0 Å². The van der Waals surface area contributed by atoms with Gasteiger partial charge in [0.05, 0.1) is 5.69 Å². The van der Waals surface area contributed by atoms with Crippen molar-refractivity contribution in [3.05, 3.63) is 71.0 Å². The lowest BCUT2D eigenvalue weighted by molar-refractivity contribution is -0.114. The van der Waals surface area contributed by atoms with E-state index in [0.29, 0.717) is 17.1 Å². The summed E-state index contributed by atoms with van der Waals surface area (Å²) in [6.07, 6.45) is 2.82. The van der Waals surface area contributed by atoms with E-state index in [2.05, 4.69) is 27.9 Å². The highest BCUT2D eigenvalue weighted by Gasteiger charge is 2.27. The van der Waals surface area contributed by atoms with Crippen LogP contribution in [-0.2, 0) is 17.6 Å². The fraction of sp³-hybridized carbons (Fsp3) is 0.227. The van der Waals surface area contributed by atoms with Crippen LogP contribution in [0.4, 0.5) is 11.4 Å². The summed E-state index contributed by atoms with van der Waals surface area (Å²) in [5.74, 6) is -0.342. The van der Waals surface area contributed by atoms with Crippen molar-refractivity contribution in [2.24, 2.45) is 0 Å². The highest BCUT2D eigenvalue weighted by molar-refractivity contribution is 6.04. The SMILES string of the molecule is CC(=O)Nc1ccc(NC(=O)c2nn(-c3ccc(C)cc3)c3c2CCC3)cc1. The van der Waals surface area contributed by atoms with Crippen molar-refractivity contribution < 1.29 is 9.59 Å². The fourth-order valence-corrected chi connectivity index (χ4v) is 3.55. The highest BCUT2D eigenvalue weighted by atomic mass is 16.2. The number of fused-ring (bicyclic) bond motifs is 1. The van der Waals surface area contributed by atoms with Crippen LogP contribution in [0.5, 0.6) is 0 Å². The van der Waals surface area contributed by atoms with Crippen molar-refractivity contribution in [3.8, 4) is 5.69 Å². The molecule has 0 saturated carbocycles. The monoisotopic (exact) mass is 374 g/mol. The molecular formula is C22H22N4O2. The van der Waals surface area contributed by atoms with Gasteiger partial charge in [0.15, 0.2) is 5.69 Å². The van der Waals surface area contributed by atoms with E-state index in [9.17, 15) is 9.59 Å². The van der Waals surface area contributed by atoms with Gasteiger partial charge in [-0.25, -0.2) is 4.68 Å². The molecule has 6 nitrogen and oxygen atoms in total. The Morgan fingerprint density at radius 1 is 0.929 bits per heavy atom. The number of amides is 2. The summed E-state index contributed by atoms with van der Waals surface area (Å²) in [6.45, 7) is 3.51. The number of aryl methyl sites for hydroxylation is 1. The molecule has 2 aromatic carbocycles. The number of carbonyl (C=O) groups excluding carboxylic acids is 2. The molecule has 4 rings (SSSR count). The van der Waals surface area contributed by atoms with Crippen LogP contribution in [0, 0.1) is 6.92 Å². The number of hydrogen-bond donors (Lipinski definition) is 2. The average molecular weight is 374 g/mol. The third-order valence-electron chi connectivity index (χ3n) is 4.89. The summed E-state index contributed by atoms with van der Waals surface area (Å²) in [5.41, 5.74) is 6.16. The molecule has 1 aliphatic rings. The Morgan fingerprint density at radius 2 is 1.57 bits per heavy atom. The van der Waals surface area contributed by atoms with E-state index >= 15 is 0 Å². The van der Waals surface area contributed by atoms with E-state index in [1.165, 1.54) is 12.5 Å². The topological polar surface area (TPSA) is 76.0 Å². The minimum atomic E-state index is -0.212. The van der Waals surface area contributed by atoms with E-state index < -0.39 is 0 Å². The minimum Gasteiger partial charge on any atom is -0.326 e. The zero-order valence-electron chi connectivity index (χ0n) is 16.0. The number of benzene rings is 2. The summed E-state index contributed by atoms with van der Waals surface area (Å²) < 4.78 is 1.90. The van der Waals surface area contributed by atoms with Crippen molar-refractivity contribution in [2.45, 2.75) is 33.1 Å². The predicted molar refractivity (Wildman–Crippen MR) is 109 cm³/mol. The lowest BCUT2D eigenvalue weighted by Crippen LogP contribution is -2.15. The van der Waals surface area contributed by atoms with Gasteiger partial charge < -0.3 is 10.6 Å². The van der Waals surface area contributed by atoms with Crippen molar-refractivity contribution in [3.63, 3.8) is 0 Å². The van der Waals surface area contributed by atoms with E-state index in [0.717, 1.165) is 36.2 Å². The third-order valence-corrected chi connectivity index (χ3v) is 4.89. The standard InChI is InChI=1S/C22H22N4O2/c1-14-6-12-18(13-7-14)26-20-5-3-4-19(20)21(25-26)22(28)24-17-10-8-16(9-11-17)23-15(2)27/h6-13H,3-5H2,1-2H3,(H,23,27)(H,24,28). The number of anilines is 2. The maximum atomic E-state index is 12.9. The molecule has 1 heterocycles. The molecular weight excluding hydrogens is 352 g/mol. The van der Waals surface area contributed by atoms with Gasteiger partial charge in [0, 0.05) is 29.6 Å². The molecule has 0 atom stereocenters. The average Bonchev–Trinajstić information content (AvgIpc) is 3.26. The number of nitrogens with zero attached hydrogens (tertiary/aromatic N) is 2. The lowest BCUT2D eigenvalue weighted by Gasteiger charge is -2.07. The summed E-state index contributed by atoms with van der Waals surface area (Å²) in [5, 5.41) is 10.3. The second kappa shape index (κ2) is 7.31. The minimum absolute atomic E-state index is 0.131. The second-order valence-corrected chi connectivity index (χ2v) is 7.09. The fourth-order valence-electron chi connectivity index (χ4n) is 3.55. The summed E-state index contributed by atoms with van der Waals surface area (Å²) in [4.78, 5) is 24.0. The highest BCUT2D eigenvalue weighted by Crippen LogP contribution is 2.28. The number of rotatable bonds is 4. The van der Waals surface area contributed by atoms with Crippen LogP contribution in [0.1, 0.15) is 40.7 Å². The van der Waals surface area contributed by atoms with Crippen LogP contribution in [0.15, 0.2) is 48.5 Å². The first-order chi connectivity index (χ1) is 13.5. The quantitative estimate of drug-likeness (QED) is 0.728. The Balaban J connectivity index is 1.59. The summed E-state index contributed by atoms with van der Waals surface area (Å²) in [6, 6.07) is 15.2. The molecule has 28 heavy (non-hydrogen) atoms. The molecule has 0 fully saturated rings. The van der Waals surface area contributed by atoms with Crippen molar-refractivity contribution >= 4 is 23.2 Å². The van der Waals surface area contributed by atoms with Crippen molar-refractivity contribution in [2.75, 3.05) is 10.6 Å². The molecule has 2 N–H and O–H groups in total. The molecule has 0 spiro atoms. The maximum absolute atomic E-state index is 12.9. The van der Waals surface area contributed by atoms with Gasteiger partial charge in [0.2, 0.25) is 5.91 Å². The first kappa shape index (κ1) is 18.0. The van der Waals surface area contributed by atoms with Gasteiger partial charge in [-0.1, -0.05) is 17.7 Å². The molecule has 0 aliphatic heterocycles. The van der Waals surface area contributed by atoms with Gasteiger partial charge in [-0.05, 0) is 62.6 Å². The third kappa shape index (κ3) is 3.53. The van der Waals surface area contributed by atoms with Crippen LogP contribution in [0.25, 0.3) is 5.69 Å². The zero-order valence-corrected chi connectivity index (χ0v) is 16.0. The molecule has 0 unspecified atom stereocenters. The Kier molecular flexibility index (Phi) is 4.69. The lowest BCUT2D eigenvalue weighted by atomic mass is 10.2. The number of hydrogen-bond acceptors (Lipinski definition) is 3. The van der Waals surface area contributed by atoms with Crippen molar-refractivity contribution in [1.82, 2.24) is 9.78 Å². The van der Waals surface area contributed by atoms with Gasteiger partial charge in [-0.15, -0.1) is 0 Å². The van der Waals surface area contributed by atoms with Crippen LogP contribution >= 0.6 is 0 Å². The number of nitrogens with one attached hydrogen (secondary N) is 2.